The molecule has 5 nitrogen and oxygen atoms in total. The molecule has 6 heteroatoms. The van der Waals surface area contributed by atoms with E-state index in [9.17, 15) is 9.59 Å². The second-order valence-corrected chi connectivity index (χ2v) is 13.8. The van der Waals surface area contributed by atoms with Gasteiger partial charge < -0.3 is 20.2 Å². The van der Waals surface area contributed by atoms with E-state index < -0.39 is 0 Å². The summed E-state index contributed by atoms with van der Waals surface area (Å²) in [6.07, 6.45) is 13.0. The molecule has 2 N–H and O–H groups in total. The van der Waals surface area contributed by atoms with E-state index in [-0.39, 0.29) is 33.2 Å². The molecule has 38 heavy (non-hydrogen) atoms. The number of Topliss-reactive ketones (excluding diaryl/α,β-unsaturated/α-hetero) is 1. The maximum absolute atomic E-state index is 14.2. The molecule has 2 aliphatic rings. The second kappa shape index (κ2) is 12.7. The van der Waals surface area contributed by atoms with E-state index in [0.29, 0.717) is 24.2 Å². The van der Waals surface area contributed by atoms with Crippen molar-refractivity contribution in [3.8, 4) is 0 Å². The van der Waals surface area contributed by atoms with Crippen molar-refractivity contribution in [3.05, 3.63) is 70.1 Å². The maximum atomic E-state index is 14.2. The minimum absolute atomic E-state index is 0.0595. The van der Waals surface area contributed by atoms with Crippen LogP contribution in [-0.2, 0) is 30.6 Å². The summed E-state index contributed by atoms with van der Waals surface area (Å²) in [5.41, 5.74) is 4.59. The molecule has 2 aliphatic carbocycles. The molecule has 0 amide bonds. The molecule has 0 aromatic carbocycles. The first kappa shape index (κ1) is 33.8. The van der Waals surface area contributed by atoms with E-state index >= 15 is 0 Å². The number of hydrogen-bond acceptors (Lipinski definition) is 5. The van der Waals surface area contributed by atoms with E-state index in [1.165, 1.54) is 17.2 Å². The molecule has 0 spiro atoms. The summed E-state index contributed by atoms with van der Waals surface area (Å²) in [5.74, 6) is -0.00512. The Labute approximate surface area is 240 Å². The van der Waals surface area contributed by atoms with Crippen LogP contribution in [-0.4, -0.2) is 24.7 Å². The van der Waals surface area contributed by atoms with Crippen molar-refractivity contribution in [1.82, 2.24) is 10.6 Å². The molecule has 0 aliphatic heterocycles. The summed E-state index contributed by atoms with van der Waals surface area (Å²) in [4.78, 5) is 26.1. The Hall–Kier alpha value is -2.24. The normalized spacial score (nSPS) is 19.3. The molecule has 0 heterocycles. The third-order valence-electron chi connectivity index (χ3n) is 6.15. The number of nitrogens with one attached hydrogen (secondary N) is 2. The number of ketones is 2. The van der Waals surface area contributed by atoms with Crippen LogP contribution in [0, 0.1) is 34.1 Å². The van der Waals surface area contributed by atoms with Gasteiger partial charge in [-0.1, -0.05) is 124 Å². The van der Waals surface area contributed by atoms with Gasteiger partial charge in [0, 0.05) is 13.1 Å². The molecule has 0 saturated heterocycles. The quantitative estimate of drug-likeness (QED) is 0.175. The van der Waals surface area contributed by atoms with Gasteiger partial charge in [-0.25, -0.2) is 0 Å². The van der Waals surface area contributed by atoms with E-state index in [0.717, 1.165) is 28.5 Å². The summed E-state index contributed by atoms with van der Waals surface area (Å²) >= 11 is 1.06. The van der Waals surface area contributed by atoms with Crippen molar-refractivity contribution in [1.29, 1.82) is 0 Å². The zero-order chi connectivity index (χ0) is 29.7. The van der Waals surface area contributed by atoms with Crippen LogP contribution in [0.25, 0.3) is 0 Å². The Morgan fingerprint density at radius 3 is 1.42 bits per heavy atom. The number of carbonyl (C=O) groups is 2. The zero-order valence-corrected chi connectivity index (χ0v) is 26.8. The first-order chi connectivity index (χ1) is 17.3. The predicted octanol–water partition coefficient (Wildman–Crippen LogP) is 6.47. The van der Waals surface area contributed by atoms with Crippen LogP contribution in [0.1, 0.15) is 83.1 Å². The topological polar surface area (TPSA) is 75.3 Å². The van der Waals surface area contributed by atoms with Crippen molar-refractivity contribution in [3.63, 3.8) is 0 Å². The average molecular weight is 558 g/mol. The summed E-state index contributed by atoms with van der Waals surface area (Å²) in [6.45, 7) is 27.3. The van der Waals surface area contributed by atoms with Gasteiger partial charge >= 0.3 is 21.0 Å². The van der Waals surface area contributed by atoms with Gasteiger partial charge in [-0.15, -0.1) is 22.8 Å². The van der Waals surface area contributed by atoms with Crippen LogP contribution in [0.4, 0.5) is 0 Å². The van der Waals surface area contributed by atoms with Gasteiger partial charge in [0.15, 0.2) is 0 Å². The molecule has 2 rings (SSSR count). The van der Waals surface area contributed by atoms with E-state index in [1.54, 1.807) is 12.2 Å². The van der Waals surface area contributed by atoms with E-state index in [1.807, 2.05) is 6.08 Å². The Morgan fingerprint density at radius 1 is 0.605 bits per heavy atom. The Kier molecular flexibility index (Phi) is 11.3. The fraction of sp³-hybridized carbons (Fsp3) is 0.562. The first-order valence-corrected chi connectivity index (χ1v) is 13.7. The van der Waals surface area contributed by atoms with Crippen molar-refractivity contribution >= 4 is 11.6 Å². The number of carbonyl (C=O) groups excluding carboxylic acids is 2. The minimum atomic E-state index is -0.316. The molecule has 0 unspecified atom stereocenters. The third kappa shape index (κ3) is 8.38. The summed E-state index contributed by atoms with van der Waals surface area (Å²) in [7, 11) is 0. The summed E-state index contributed by atoms with van der Waals surface area (Å²) in [6, 6.07) is 0. The van der Waals surface area contributed by atoms with Crippen molar-refractivity contribution in [2.75, 3.05) is 13.1 Å². The SMILES string of the molecule is CC(C)(C)C1=C(C(C)(C)C)C(C(C)(C)C)=C(C(C)(C)C)C(=[C-]NCCN[C-]=C2C=CC=CC2=O)C1=O.[O]=[V+2]. The second-order valence-electron chi connectivity index (χ2n) is 13.8. The van der Waals surface area contributed by atoms with Crippen LogP contribution in [0.5, 0.6) is 0 Å². The molecule has 0 aromatic heterocycles. The molecule has 0 atom stereocenters. The molecule has 0 radical (unpaired) electrons. The Balaban J connectivity index is 0.00000352. The van der Waals surface area contributed by atoms with Gasteiger partial charge in [-0.3, -0.25) is 0 Å². The molecule has 0 fully saturated rings. The van der Waals surface area contributed by atoms with Crippen LogP contribution in [0.15, 0.2) is 57.7 Å². The van der Waals surface area contributed by atoms with Crippen molar-refractivity contribution in [2.24, 2.45) is 21.7 Å². The molecule has 0 saturated carbocycles. The summed E-state index contributed by atoms with van der Waals surface area (Å²) in [5, 5.41) is 6.30. The van der Waals surface area contributed by atoms with Crippen LogP contribution in [0.2, 0.25) is 0 Å². The van der Waals surface area contributed by atoms with Crippen molar-refractivity contribution in [2.45, 2.75) is 83.1 Å². The van der Waals surface area contributed by atoms with Gasteiger partial charge in [0.05, 0.1) is 11.6 Å². The predicted molar refractivity (Wildman–Crippen MR) is 150 cm³/mol. The fourth-order valence-corrected chi connectivity index (χ4v) is 4.82. The Morgan fingerprint density at radius 2 is 1.00 bits per heavy atom. The third-order valence-corrected chi connectivity index (χ3v) is 6.15. The molecule has 0 bridgehead atoms. The monoisotopic (exact) mass is 557 g/mol. The average Bonchev–Trinajstić information content (AvgIpc) is 2.75. The number of allylic oxidation sites excluding steroid dienone is 10. The van der Waals surface area contributed by atoms with Crippen LogP contribution >= 0.6 is 0 Å². The molecular formula is C32H46N2O3V. The van der Waals surface area contributed by atoms with Gasteiger partial charge in [-0.05, 0) is 21.8 Å². The molecular weight excluding hydrogens is 511 g/mol. The molecule has 207 valence electrons. The van der Waals surface area contributed by atoms with Crippen LogP contribution < -0.4 is 10.6 Å². The van der Waals surface area contributed by atoms with Gasteiger partial charge in [0.25, 0.3) is 0 Å². The van der Waals surface area contributed by atoms with Gasteiger partial charge in [0.2, 0.25) is 0 Å². The number of rotatable bonds is 5. The zero-order valence-electron chi connectivity index (χ0n) is 25.4. The first-order valence-electron chi connectivity index (χ1n) is 13.1. The van der Waals surface area contributed by atoms with Gasteiger partial charge in [-0.2, -0.15) is 6.08 Å². The van der Waals surface area contributed by atoms with E-state index in [2.05, 4.69) is 106 Å². The number of hydrogen-bond donors (Lipinski definition) is 2. The van der Waals surface area contributed by atoms with Crippen LogP contribution in [0.3, 0.4) is 0 Å². The van der Waals surface area contributed by atoms with Gasteiger partial charge in [0.1, 0.15) is 0 Å². The fourth-order valence-electron chi connectivity index (χ4n) is 4.82. The molecule has 0 aromatic rings. The summed E-state index contributed by atoms with van der Waals surface area (Å²) < 4.78 is 8.19. The Bertz CT molecular complexity index is 1100. The standard InChI is InChI=1S/C32H46N2O2.O.V/c1-29(2,3)24-22(20-34-18-17-33-19-21-15-13-14-16-23(21)35)28(36)27(32(10,11)12)26(31(7,8)9)25(24)30(4,5)6;;/h13-16,33-34H,17-18H2,1-12H3;;/q-2;;+2. The van der Waals surface area contributed by atoms with Crippen molar-refractivity contribution < 1.29 is 30.6 Å². The van der Waals surface area contributed by atoms with E-state index in [4.69, 9.17) is 3.67 Å².